The molecule has 55 heavy (non-hydrogen) atoms. The van der Waals surface area contributed by atoms with Crippen molar-refractivity contribution in [1.82, 2.24) is 0 Å². The van der Waals surface area contributed by atoms with Gasteiger partial charge in [0.2, 0.25) is 0 Å². The number of thioether (sulfide) groups is 3. The zero-order valence-corrected chi connectivity index (χ0v) is 34.7. The van der Waals surface area contributed by atoms with Gasteiger partial charge in [0, 0.05) is 52.1 Å². The van der Waals surface area contributed by atoms with Crippen LogP contribution < -0.4 is 21.3 Å². The number of carbonyl (C=O) groups is 4. The van der Waals surface area contributed by atoms with Crippen LogP contribution in [0.5, 0.6) is 0 Å². The lowest BCUT2D eigenvalue weighted by atomic mass is 10.2. The van der Waals surface area contributed by atoms with Gasteiger partial charge >= 0.3 is 12.2 Å². The summed E-state index contributed by atoms with van der Waals surface area (Å²) in [6.45, 7) is 5.65. The number of carbonyl (C=O) groups excluding carboxylic acids is 4. The Morgan fingerprint density at radius 1 is 0.582 bits per heavy atom. The molecule has 5 aromatic carbocycles. The van der Waals surface area contributed by atoms with E-state index in [1.165, 1.54) is 11.8 Å². The maximum Gasteiger partial charge on any atom is 0.454 e. The van der Waals surface area contributed by atoms with E-state index >= 15 is 0 Å². The van der Waals surface area contributed by atoms with E-state index in [1.54, 1.807) is 59.9 Å². The average molecular weight is 849 g/mol. The molecule has 4 N–H and O–H groups in total. The molecule has 1 unspecified atom stereocenters. The molecule has 284 valence electrons. The lowest BCUT2D eigenvalue weighted by Gasteiger charge is -2.15. The van der Waals surface area contributed by atoms with Crippen molar-refractivity contribution in [2.75, 3.05) is 21.3 Å². The topological polar surface area (TPSA) is 135 Å². The summed E-state index contributed by atoms with van der Waals surface area (Å²) in [4.78, 5) is 65.7. The zero-order chi connectivity index (χ0) is 39.3. The van der Waals surface area contributed by atoms with Crippen LogP contribution in [-0.2, 0) is 9.78 Å². The summed E-state index contributed by atoms with van der Waals surface area (Å²) in [5.74, 6) is 0. The minimum atomic E-state index is -1.07. The van der Waals surface area contributed by atoms with Gasteiger partial charge in [0.1, 0.15) is 0 Å². The number of rotatable bonds is 11. The Morgan fingerprint density at radius 2 is 1.02 bits per heavy atom. The van der Waals surface area contributed by atoms with Crippen molar-refractivity contribution in [3.8, 4) is 0 Å². The van der Waals surface area contributed by atoms with E-state index in [1.807, 2.05) is 93.6 Å². The van der Waals surface area contributed by atoms with Crippen LogP contribution in [0.15, 0.2) is 139 Å². The highest BCUT2D eigenvalue weighted by atomic mass is 32.2. The molecule has 1 atom stereocenters. The number of hydrogen-bond donors (Lipinski definition) is 6. The highest BCUT2D eigenvalue weighted by Gasteiger charge is 2.17. The predicted octanol–water partition coefficient (Wildman–Crippen LogP) is 12.9. The van der Waals surface area contributed by atoms with Gasteiger partial charge in [0.25, 0.3) is 10.5 Å². The monoisotopic (exact) mass is 848 g/mol. The summed E-state index contributed by atoms with van der Waals surface area (Å²) >= 11 is 14.1. The van der Waals surface area contributed by atoms with Crippen molar-refractivity contribution < 1.29 is 29.0 Å². The molecule has 0 saturated heterocycles. The van der Waals surface area contributed by atoms with Gasteiger partial charge < -0.3 is 10.6 Å². The van der Waals surface area contributed by atoms with Gasteiger partial charge in [0.05, 0.1) is 4.58 Å². The first-order chi connectivity index (χ1) is 26.4. The number of nitrogens with one attached hydrogen (secondary N) is 4. The van der Waals surface area contributed by atoms with Crippen molar-refractivity contribution in [3.63, 3.8) is 0 Å². The SMILES string of the molecule is CCC(SC(=O)Nc1cc(NC(=O)OOC(=O)Nc2ccc(C)c(NC(=O)Sc3ccc(Sc4ccc(S)cc4)cc3)c2)ccc1C)Sc1ccc(S)cc1. The first-order valence-corrected chi connectivity index (χ1v) is 20.9. The molecule has 0 heterocycles. The lowest BCUT2D eigenvalue weighted by molar-refractivity contribution is -0.169. The third kappa shape index (κ3) is 13.7. The lowest BCUT2D eigenvalue weighted by Crippen LogP contribution is -2.20. The first-order valence-electron chi connectivity index (χ1n) is 16.6. The summed E-state index contributed by atoms with van der Waals surface area (Å²) in [5.41, 5.74) is 3.11. The van der Waals surface area contributed by atoms with Gasteiger partial charge in [-0.05, 0) is 152 Å². The Morgan fingerprint density at radius 3 is 1.51 bits per heavy atom. The molecule has 0 aliphatic heterocycles. The largest absolute Gasteiger partial charge is 0.454 e. The van der Waals surface area contributed by atoms with Crippen LogP contribution in [0.4, 0.5) is 41.9 Å². The minimum Gasteiger partial charge on any atom is -0.317 e. The summed E-state index contributed by atoms with van der Waals surface area (Å²) in [6.07, 6.45) is -1.37. The maximum absolute atomic E-state index is 12.9. The number of benzene rings is 5. The fourth-order valence-electron chi connectivity index (χ4n) is 4.62. The molecule has 0 saturated carbocycles. The number of aryl methyl sites for hydroxylation is 2. The standard InChI is InChI=1S/C39H36N4O6S6/c1-4-35(53-31-15-11-28(51)12-16-31)55-39(47)43-34-22-26(8-6-24(34)3)41-37(45)49-48-36(44)40-25-7-5-23(2)33(21-25)42-38(46)54-32-19-17-30(18-20-32)52-29-13-9-27(50)10-14-29/h5-22,35,50-51H,4H2,1-3H3,(H,40,44)(H,41,45)(H,42,46)(H,43,47). The molecule has 16 heteroatoms. The molecule has 0 aliphatic carbocycles. The fraction of sp³-hybridized carbons (Fsp3) is 0.128. The fourth-order valence-corrected chi connectivity index (χ4v) is 8.50. The van der Waals surface area contributed by atoms with Crippen molar-refractivity contribution in [2.45, 2.75) is 61.1 Å². The molecule has 4 amide bonds. The van der Waals surface area contributed by atoms with Gasteiger partial charge in [-0.25, -0.2) is 19.4 Å². The van der Waals surface area contributed by atoms with E-state index in [2.05, 4.69) is 56.3 Å². The quantitative estimate of drug-likeness (QED) is 0.0251. The van der Waals surface area contributed by atoms with Crippen LogP contribution in [0.2, 0.25) is 0 Å². The molecule has 0 fully saturated rings. The van der Waals surface area contributed by atoms with Gasteiger partial charge in [-0.1, -0.05) is 30.8 Å². The molecular weight excluding hydrogens is 813 g/mol. The van der Waals surface area contributed by atoms with E-state index in [0.717, 1.165) is 58.7 Å². The van der Waals surface area contributed by atoms with Gasteiger partial charge in [0.15, 0.2) is 0 Å². The van der Waals surface area contributed by atoms with E-state index in [-0.39, 0.29) is 15.1 Å². The van der Waals surface area contributed by atoms with E-state index in [9.17, 15) is 19.2 Å². The number of anilines is 4. The summed E-state index contributed by atoms with van der Waals surface area (Å²) < 4.78 is -0.0169. The molecule has 0 aliphatic rings. The van der Waals surface area contributed by atoms with Gasteiger partial charge in [-0.3, -0.25) is 20.2 Å². The normalized spacial score (nSPS) is 11.2. The van der Waals surface area contributed by atoms with Crippen LogP contribution in [0, 0.1) is 13.8 Å². The molecule has 10 nitrogen and oxygen atoms in total. The van der Waals surface area contributed by atoms with Crippen LogP contribution in [0.3, 0.4) is 0 Å². The zero-order valence-electron chi connectivity index (χ0n) is 29.7. The van der Waals surface area contributed by atoms with Crippen molar-refractivity contribution in [2.24, 2.45) is 0 Å². The molecule has 0 spiro atoms. The third-order valence-electron chi connectivity index (χ3n) is 7.42. The van der Waals surface area contributed by atoms with Crippen molar-refractivity contribution in [1.29, 1.82) is 0 Å². The van der Waals surface area contributed by atoms with Crippen LogP contribution in [0.25, 0.3) is 0 Å². The minimum absolute atomic E-state index is 0.0169. The number of hydrogen-bond acceptors (Lipinski definition) is 12. The molecule has 0 aromatic heterocycles. The molecule has 5 aromatic rings. The van der Waals surface area contributed by atoms with Crippen molar-refractivity contribution >= 4 is 118 Å². The second-order valence-electron chi connectivity index (χ2n) is 11.6. The first kappa shape index (κ1) is 41.8. The van der Waals surface area contributed by atoms with Gasteiger partial charge in [-0.2, -0.15) is 0 Å². The van der Waals surface area contributed by atoms with Crippen LogP contribution >= 0.6 is 72.3 Å². The van der Waals surface area contributed by atoms with Crippen molar-refractivity contribution in [3.05, 3.63) is 120 Å². The van der Waals surface area contributed by atoms with E-state index in [0.29, 0.717) is 22.7 Å². The van der Waals surface area contributed by atoms with Crippen LogP contribution in [0.1, 0.15) is 24.5 Å². The highest BCUT2D eigenvalue weighted by molar-refractivity contribution is 8.25. The summed E-state index contributed by atoms with van der Waals surface area (Å²) in [5, 5.41) is 10.1. The average Bonchev–Trinajstić information content (AvgIpc) is 3.16. The highest BCUT2D eigenvalue weighted by Crippen LogP contribution is 2.35. The Kier molecular flexibility index (Phi) is 15.6. The summed E-state index contributed by atoms with van der Waals surface area (Å²) in [6, 6.07) is 33.1. The Labute approximate surface area is 347 Å². The van der Waals surface area contributed by atoms with E-state index < -0.39 is 12.2 Å². The Hall–Kier alpha value is -4.32. The Balaban J connectivity index is 1.07. The predicted molar refractivity (Wildman–Crippen MR) is 232 cm³/mol. The van der Waals surface area contributed by atoms with E-state index in [4.69, 9.17) is 0 Å². The second kappa shape index (κ2) is 20.6. The smallest absolute Gasteiger partial charge is 0.317 e. The van der Waals surface area contributed by atoms with Gasteiger partial charge in [-0.15, -0.1) is 37.0 Å². The summed E-state index contributed by atoms with van der Waals surface area (Å²) in [7, 11) is 0. The third-order valence-corrected chi connectivity index (χ3v) is 12.5. The molecular formula is C39H36N4O6S6. The number of thiol groups is 2. The molecule has 0 bridgehead atoms. The molecule has 5 rings (SSSR count). The Bertz CT molecular complexity index is 2140. The molecule has 0 radical (unpaired) electrons. The number of amides is 4. The van der Waals surface area contributed by atoms with Crippen LogP contribution in [-0.4, -0.2) is 27.2 Å². The second-order valence-corrected chi connectivity index (χ2v) is 17.6. The maximum atomic E-state index is 12.9.